The molecule has 5 rings (SSSR count). The van der Waals surface area contributed by atoms with Gasteiger partial charge >= 0.3 is 5.97 Å². The maximum absolute atomic E-state index is 12.6. The van der Waals surface area contributed by atoms with E-state index in [1.165, 1.54) is 18.2 Å². The second kappa shape index (κ2) is 9.49. The smallest absolute Gasteiger partial charge is 0.335 e. The molecule has 170 valence electrons. The lowest BCUT2D eigenvalue weighted by atomic mass is 10.0. The number of rotatable bonds is 6. The Labute approximate surface area is 201 Å². The summed E-state index contributed by atoms with van der Waals surface area (Å²) in [5.74, 6) is -1.34. The molecule has 6 nitrogen and oxygen atoms in total. The highest BCUT2D eigenvalue weighted by Gasteiger charge is 2.12. The van der Waals surface area contributed by atoms with Gasteiger partial charge in [-0.1, -0.05) is 54.6 Å². The van der Waals surface area contributed by atoms with E-state index in [1.807, 2.05) is 54.7 Å². The lowest BCUT2D eigenvalue weighted by Crippen LogP contribution is -2.08. The third-order valence-electron chi connectivity index (χ3n) is 5.60. The molecule has 1 heterocycles. The SMILES string of the molecule is O=C(/C=C\c1cn(-c2ccccc2)nc1-c1ccc2ccccc2c1)Nc1ccc(C(=O)O)cc1. The summed E-state index contributed by atoms with van der Waals surface area (Å²) in [6, 6.07) is 30.1. The van der Waals surface area contributed by atoms with Crippen LogP contribution in [0.15, 0.2) is 109 Å². The van der Waals surface area contributed by atoms with Crippen molar-refractivity contribution in [2.75, 3.05) is 5.32 Å². The third kappa shape index (κ3) is 4.86. The van der Waals surface area contributed by atoms with Gasteiger partial charge in [-0.25, -0.2) is 9.48 Å². The predicted octanol–water partition coefficient (Wildman–Crippen LogP) is 6.04. The first-order valence-electron chi connectivity index (χ1n) is 11.0. The van der Waals surface area contributed by atoms with Crippen molar-refractivity contribution in [3.05, 3.63) is 120 Å². The Morgan fingerprint density at radius 1 is 0.829 bits per heavy atom. The molecule has 0 aliphatic rings. The fourth-order valence-corrected chi connectivity index (χ4v) is 3.83. The van der Waals surface area contributed by atoms with Gasteiger partial charge in [-0.05, 0) is 59.3 Å². The summed E-state index contributed by atoms with van der Waals surface area (Å²) in [6.07, 6.45) is 5.07. The van der Waals surface area contributed by atoms with E-state index in [-0.39, 0.29) is 11.5 Å². The molecule has 0 spiro atoms. The van der Waals surface area contributed by atoms with Crippen molar-refractivity contribution in [2.45, 2.75) is 0 Å². The average Bonchev–Trinajstić information content (AvgIpc) is 3.32. The summed E-state index contributed by atoms with van der Waals surface area (Å²) in [5.41, 5.74) is 4.08. The fraction of sp³-hybridized carbons (Fsp3) is 0. The second-order valence-corrected chi connectivity index (χ2v) is 7.98. The largest absolute Gasteiger partial charge is 0.478 e. The molecule has 5 aromatic rings. The Bertz CT molecular complexity index is 1550. The number of carbonyl (C=O) groups excluding carboxylic acids is 1. The molecule has 1 aromatic heterocycles. The van der Waals surface area contributed by atoms with E-state index in [1.54, 1.807) is 22.9 Å². The molecule has 0 aliphatic carbocycles. The van der Waals surface area contributed by atoms with Gasteiger partial charge < -0.3 is 10.4 Å². The van der Waals surface area contributed by atoms with Gasteiger partial charge in [-0.2, -0.15) is 5.10 Å². The Morgan fingerprint density at radius 2 is 1.54 bits per heavy atom. The number of fused-ring (bicyclic) bond motifs is 1. The van der Waals surface area contributed by atoms with Crippen LogP contribution in [0, 0.1) is 0 Å². The molecule has 0 bridgehead atoms. The minimum absolute atomic E-state index is 0.159. The van der Waals surface area contributed by atoms with E-state index in [2.05, 4.69) is 29.6 Å². The van der Waals surface area contributed by atoms with Crippen molar-refractivity contribution in [3.8, 4) is 16.9 Å². The Balaban J connectivity index is 1.46. The number of anilines is 1. The molecule has 0 fully saturated rings. The second-order valence-electron chi connectivity index (χ2n) is 7.98. The number of carboxylic acids is 1. The number of nitrogens with one attached hydrogen (secondary N) is 1. The first kappa shape index (κ1) is 21.9. The van der Waals surface area contributed by atoms with Gasteiger partial charge in [0, 0.05) is 29.1 Å². The summed E-state index contributed by atoms with van der Waals surface area (Å²) in [7, 11) is 0. The monoisotopic (exact) mass is 459 g/mol. The van der Waals surface area contributed by atoms with Crippen molar-refractivity contribution < 1.29 is 14.7 Å². The molecule has 6 heteroatoms. The van der Waals surface area contributed by atoms with Gasteiger partial charge in [0.05, 0.1) is 16.9 Å². The third-order valence-corrected chi connectivity index (χ3v) is 5.60. The van der Waals surface area contributed by atoms with Crippen LogP contribution in [0.3, 0.4) is 0 Å². The number of aromatic carboxylic acids is 1. The highest BCUT2D eigenvalue weighted by atomic mass is 16.4. The zero-order valence-corrected chi connectivity index (χ0v) is 18.6. The molecule has 0 saturated carbocycles. The summed E-state index contributed by atoms with van der Waals surface area (Å²) in [5, 5.41) is 18.9. The van der Waals surface area contributed by atoms with Crippen LogP contribution in [0.2, 0.25) is 0 Å². The molecule has 0 radical (unpaired) electrons. The zero-order chi connectivity index (χ0) is 24.2. The van der Waals surface area contributed by atoms with Gasteiger partial charge in [0.15, 0.2) is 0 Å². The van der Waals surface area contributed by atoms with Crippen LogP contribution in [0.1, 0.15) is 15.9 Å². The number of para-hydroxylation sites is 1. The predicted molar refractivity (Wildman–Crippen MR) is 138 cm³/mol. The molecule has 0 atom stereocenters. The average molecular weight is 460 g/mol. The molecule has 1 amide bonds. The van der Waals surface area contributed by atoms with E-state index >= 15 is 0 Å². The number of hydrogen-bond donors (Lipinski definition) is 2. The Kier molecular flexibility index (Phi) is 5.92. The summed E-state index contributed by atoms with van der Waals surface area (Å²) in [4.78, 5) is 23.6. The van der Waals surface area contributed by atoms with E-state index in [4.69, 9.17) is 10.2 Å². The minimum Gasteiger partial charge on any atom is -0.478 e. The maximum atomic E-state index is 12.6. The van der Waals surface area contributed by atoms with Crippen molar-refractivity contribution in [3.63, 3.8) is 0 Å². The van der Waals surface area contributed by atoms with E-state index in [9.17, 15) is 9.59 Å². The highest BCUT2D eigenvalue weighted by molar-refractivity contribution is 6.02. The molecular weight excluding hydrogens is 438 g/mol. The van der Waals surface area contributed by atoms with Gasteiger partial charge in [0.1, 0.15) is 0 Å². The van der Waals surface area contributed by atoms with Crippen LogP contribution in [-0.2, 0) is 4.79 Å². The Morgan fingerprint density at radius 3 is 2.29 bits per heavy atom. The maximum Gasteiger partial charge on any atom is 0.335 e. The first-order chi connectivity index (χ1) is 17.1. The van der Waals surface area contributed by atoms with Gasteiger partial charge in [0.2, 0.25) is 5.91 Å². The number of benzene rings is 4. The van der Waals surface area contributed by atoms with E-state index in [0.717, 1.165) is 33.3 Å². The van der Waals surface area contributed by atoms with Crippen LogP contribution in [0.5, 0.6) is 0 Å². The number of amides is 1. The lowest BCUT2D eigenvalue weighted by molar-refractivity contribution is -0.111. The topological polar surface area (TPSA) is 84.2 Å². The first-order valence-corrected chi connectivity index (χ1v) is 11.0. The number of carbonyl (C=O) groups is 2. The number of carboxylic acid groups (broad SMARTS) is 1. The molecular formula is C29H21N3O3. The highest BCUT2D eigenvalue weighted by Crippen LogP contribution is 2.28. The zero-order valence-electron chi connectivity index (χ0n) is 18.6. The molecule has 35 heavy (non-hydrogen) atoms. The normalized spacial score (nSPS) is 11.1. The van der Waals surface area contributed by atoms with E-state index in [0.29, 0.717) is 5.69 Å². The van der Waals surface area contributed by atoms with Crippen LogP contribution in [-0.4, -0.2) is 26.8 Å². The van der Waals surface area contributed by atoms with Crippen molar-refractivity contribution in [1.29, 1.82) is 0 Å². The fourth-order valence-electron chi connectivity index (χ4n) is 3.83. The van der Waals surface area contributed by atoms with Gasteiger partial charge in [-0.15, -0.1) is 0 Å². The quantitative estimate of drug-likeness (QED) is 0.303. The number of aromatic nitrogens is 2. The molecule has 0 aliphatic heterocycles. The number of hydrogen-bond acceptors (Lipinski definition) is 3. The standard InChI is InChI=1S/C29H21N3O3/c33-27(30-25-15-12-21(13-16-25)29(34)35)17-14-24-19-32(26-8-2-1-3-9-26)31-28(24)23-11-10-20-6-4-5-7-22(20)18-23/h1-19H,(H,30,33)(H,34,35)/b17-14-. The van der Waals surface area contributed by atoms with Crippen molar-refractivity contribution in [2.24, 2.45) is 0 Å². The van der Waals surface area contributed by atoms with E-state index < -0.39 is 5.97 Å². The Hall–Kier alpha value is -4.97. The summed E-state index contributed by atoms with van der Waals surface area (Å²) < 4.78 is 1.80. The molecule has 0 saturated heterocycles. The molecule has 0 unspecified atom stereocenters. The molecule has 2 N–H and O–H groups in total. The lowest BCUT2D eigenvalue weighted by Gasteiger charge is -2.04. The van der Waals surface area contributed by atoms with Gasteiger partial charge in [0.25, 0.3) is 0 Å². The summed E-state index contributed by atoms with van der Waals surface area (Å²) >= 11 is 0. The van der Waals surface area contributed by atoms with Crippen LogP contribution in [0.4, 0.5) is 5.69 Å². The molecule has 4 aromatic carbocycles. The van der Waals surface area contributed by atoms with Gasteiger partial charge in [-0.3, -0.25) is 4.79 Å². The van der Waals surface area contributed by atoms with Crippen LogP contribution >= 0.6 is 0 Å². The minimum atomic E-state index is -1.01. The summed E-state index contributed by atoms with van der Waals surface area (Å²) in [6.45, 7) is 0. The van der Waals surface area contributed by atoms with Crippen molar-refractivity contribution in [1.82, 2.24) is 9.78 Å². The van der Waals surface area contributed by atoms with Crippen LogP contribution < -0.4 is 5.32 Å². The van der Waals surface area contributed by atoms with Crippen molar-refractivity contribution >= 4 is 34.4 Å². The van der Waals surface area contributed by atoms with Crippen LogP contribution in [0.25, 0.3) is 33.8 Å². The number of nitrogens with zero attached hydrogens (tertiary/aromatic N) is 2.